The van der Waals surface area contributed by atoms with E-state index in [-0.39, 0.29) is 50.8 Å². The maximum absolute atomic E-state index is 13.9. The number of hydrogen-bond acceptors (Lipinski definition) is 15. The minimum atomic E-state index is -1.73. The summed E-state index contributed by atoms with van der Waals surface area (Å²) in [7, 11) is 0. The molecule has 2 rings (SSSR count). The molecular weight excluding hydrogens is 999 g/mol. The van der Waals surface area contributed by atoms with Crippen molar-refractivity contribution in [2.75, 3.05) is 25.1 Å². The zero-order chi connectivity index (χ0) is 56.2. The van der Waals surface area contributed by atoms with Crippen molar-refractivity contribution in [3.8, 4) is 0 Å². The largest absolute Gasteiger partial charge is 0.481 e. The molecule has 9 atom stereocenters. The van der Waals surface area contributed by atoms with E-state index in [1.54, 1.807) is 80.8 Å². The van der Waals surface area contributed by atoms with Gasteiger partial charge in [0.2, 0.25) is 53.2 Å². The van der Waals surface area contributed by atoms with Crippen LogP contribution in [0.3, 0.4) is 0 Å². The summed E-state index contributed by atoms with van der Waals surface area (Å²) in [5.74, 6) is -11.1. The normalized spacial score (nSPS) is 14.6. The van der Waals surface area contributed by atoms with E-state index in [9.17, 15) is 63.0 Å². The number of unbranched alkanes of at least 4 members (excludes halogenated alkanes) is 1. The predicted octanol–water partition coefficient (Wildman–Crippen LogP) is -2.95. The van der Waals surface area contributed by atoms with Crippen molar-refractivity contribution in [3.63, 3.8) is 0 Å². The second-order valence-electron chi connectivity index (χ2n) is 18.0. The van der Waals surface area contributed by atoms with E-state index in [1.165, 1.54) is 18.7 Å². The first kappa shape index (κ1) is 64.0. The number of nitrogens with one attached hydrogen (secondary N) is 8. The molecule has 2 aromatic carbocycles. The number of rotatable bonds is 35. The minimum absolute atomic E-state index is 0.0282. The summed E-state index contributed by atoms with van der Waals surface area (Å²) in [4.78, 5) is 144. The van der Waals surface area contributed by atoms with E-state index in [4.69, 9.17) is 22.3 Å². The van der Waals surface area contributed by atoms with Crippen LogP contribution in [0, 0.1) is 5.92 Å². The maximum Gasteiger partial charge on any atom is 0.326 e. The van der Waals surface area contributed by atoms with Crippen LogP contribution in [-0.2, 0) is 65.6 Å². The maximum atomic E-state index is 13.9. The number of amides is 9. The summed E-state index contributed by atoms with van der Waals surface area (Å²) >= 11 is 1.31. The summed E-state index contributed by atoms with van der Waals surface area (Å²) in [5, 5.41) is 49.5. The average Bonchev–Trinajstić information content (AvgIpc) is 3.35. The molecule has 0 spiro atoms. The number of carbonyl (C=O) groups excluding carboxylic acids is 9. The number of carbonyl (C=O) groups is 11. The van der Waals surface area contributed by atoms with Crippen molar-refractivity contribution in [2.24, 2.45) is 23.1 Å². The van der Waals surface area contributed by atoms with Crippen molar-refractivity contribution in [2.45, 2.75) is 133 Å². The Morgan fingerprint density at radius 3 is 1.56 bits per heavy atom. The Labute approximate surface area is 439 Å². The third-order valence-corrected chi connectivity index (χ3v) is 12.1. The van der Waals surface area contributed by atoms with Crippen LogP contribution in [0.4, 0.5) is 0 Å². The van der Waals surface area contributed by atoms with Crippen LogP contribution in [0.25, 0.3) is 0 Å². The van der Waals surface area contributed by atoms with Crippen LogP contribution in [-0.4, -0.2) is 160 Å². The zero-order valence-corrected chi connectivity index (χ0v) is 43.3. The Balaban J connectivity index is 2.26. The van der Waals surface area contributed by atoms with Gasteiger partial charge in [0.15, 0.2) is 0 Å². The SMILES string of the molecule is CSCC[C@H](NC(=O)[C@@H](NC(=O)[C@@H](NC(=O)[C@H](CCCCN)NC(=O)CNC(=O)[C@H](Cc1ccccc1)NC(=O)[C@@H](N)CC(=O)O)C(C)C)[C@@H](C)O)C(=O)N[C@@H](CCC(N)=O)C(=O)N[C@@H](Cc1ccccc1)C(=O)O. The first-order chi connectivity index (χ1) is 35.5. The summed E-state index contributed by atoms with van der Waals surface area (Å²) in [6.07, 6.45) is -0.669. The first-order valence-electron chi connectivity index (χ1n) is 24.3. The van der Waals surface area contributed by atoms with E-state index < -0.39 is 138 Å². The van der Waals surface area contributed by atoms with Crippen LogP contribution in [0.5, 0.6) is 0 Å². The number of thioether (sulfide) groups is 1. The molecule has 25 nitrogen and oxygen atoms in total. The molecule has 0 heterocycles. The number of nitrogens with two attached hydrogens (primary N) is 3. The third kappa shape index (κ3) is 24.2. The number of primary amides is 1. The van der Waals surface area contributed by atoms with Gasteiger partial charge in [0.1, 0.15) is 42.3 Å². The lowest BCUT2D eigenvalue weighted by atomic mass is 10.0. The molecule has 0 aliphatic carbocycles. The van der Waals surface area contributed by atoms with Gasteiger partial charge in [-0.3, -0.25) is 47.9 Å². The second kappa shape index (κ2) is 33.6. The smallest absolute Gasteiger partial charge is 0.326 e. The lowest BCUT2D eigenvalue weighted by molar-refractivity contribution is -0.142. The first-order valence-corrected chi connectivity index (χ1v) is 25.7. The Hall–Kier alpha value is -7.16. The van der Waals surface area contributed by atoms with Crippen LogP contribution < -0.4 is 59.7 Å². The number of hydrogen-bond donors (Lipinski definition) is 14. The van der Waals surface area contributed by atoms with E-state index >= 15 is 0 Å². The highest BCUT2D eigenvalue weighted by molar-refractivity contribution is 7.98. The molecule has 0 radical (unpaired) electrons. The lowest BCUT2D eigenvalue weighted by Gasteiger charge is -2.29. The number of aliphatic hydroxyl groups excluding tert-OH is 1. The summed E-state index contributed by atoms with van der Waals surface area (Å²) < 4.78 is 0. The molecule has 2 aromatic rings. The number of carboxylic acid groups (broad SMARTS) is 2. The van der Waals surface area contributed by atoms with Gasteiger partial charge in [0.25, 0.3) is 0 Å². The lowest BCUT2D eigenvalue weighted by Crippen LogP contribution is -2.62. The van der Waals surface area contributed by atoms with Crippen molar-refractivity contribution >= 4 is 76.9 Å². The van der Waals surface area contributed by atoms with E-state index in [0.717, 1.165) is 0 Å². The van der Waals surface area contributed by atoms with Gasteiger partial charge >= 0.3 is 11.9 Å². The molecule has 414 valence electrons. The quantitative estimate of drug-likeness (QED) is 0.0307. The van der Waals surface area contributed by atoms with Gasteiger partial charge in [-0.25, -0.2) is 4.79 Å². The second-order valence-corrected chi connectivity index (χ2v) is 19.0. The van der Waals surface area contributed by atoms with E-state index in [0.29, 0.717) is 24.0 Å². The van der Waals surface area contributed by atoms with Gasteiger partial charge in [0.05, 0.1) is 25.1 Å². The molecule has 0 unspecified atom stereocenters. The highest BCUT2D eigenvalue weighted by atomic mass is 32.2. The molecule has 0 saturated heterocycles. The topological polar surface area (TPSA) is 423 Å². The molecule has 17 N–H and O–H groups in total. The fourth-order valence-electron chi connectivity index (χ4n) is 7.27. The molecule has 9 amide bonds. The van der Waals surface area contributed by atoms with Crippen LogP contribution in [0.1, 0.15) is 76.8 Å². The Morgan fingerprint density at radius 2 is 1.05 bits per heavy atom. The van der Waals surface area contributed by atoms with E-state index in [2.05, 4.69) is 42.5 Å². The minimum Gasteiger partial charge on any atom is -0.481 e. The van der Waals surface area contributed by atoms with Gasteiger partial charge in [-0.05, 0) is 74.6 Å². The number of aliphatic hydroxyl groups is 1. The number of benzene rings is 2. The summed E-state index contributed by atoms with van der Waals surface area (Å²) in [6.45, 7) is 3.91. The molecule has 0 fully saturated rings. The highest BCUT2D eigenvalue weighted by Crippen LogP contribution is 2.11. The van der Waals surface area contributed by atoms with Gasteiger partial charge in [-0.15, -0.1) is 0 Å². The van der Waals surface area contributed by atoms with Crippen LogP contribution >= 0.6 is 11.8 Å². The monoisotopic (exact) mass is 1070 g/mol. The van der Waals surface area contributed by atoms with E-state index in [1.807, 2.05) is 0 Å². The number of aliphatic carboxylic acids is 2. The molecule has 0 aromatic heterocycles. The van der Waals surface area contributed by atoms with Crippen molar-refractivity contribution in [1.29, 1.82) is 0 Å². The molecule has 26 heteroatoms. The Kier molecular flexibility index (Phi) is 28.7. The van der Waals surface area contributed by atoms with Crippen LogP contribution in [0.15, 0.2) is 60.7 Å². The third-order valence-electron chi connectivity index (χ3n) is 11.4. The predicted molar refractivity (Wildman–Crippen MR) is 276 cm³/mol. The van der Waals surface area contributed by atoms with Gasteiger partial charge in [-0.1, -0.05) is 74.5 Å². The Bertz CT molecular complexity index is 2240. The highest BCUT2D eigenvalue weighted by Gasteiger charge is 2.36. The Morgan fingerprint density at radius 1 is 0.573 bits per heavy atom. The number of carboxylic acids is 2. The molecule has 0 saturated carbocycles. The molecule has 0 aliphatic heterocycles. The van der Waals surface area contributed by atoms with Crippen molar-refractivity contribution < 1.29 is 68.1 Å². The summed E-state index contributed by atoms with van der Waals surface area (Å²) in [5.41, 5.74) is 17.9. The standard InChI is InChI=1S/C49H73N11O14S/c1-27(2)40(59-46(70)32(17-11-12-21-50)54-38(63)26-53-43(67)35(23-29-13-7-5-8-14-29)57-42(66)31(51)25-39(64)65)47(71)60-41(28(3)61)48(72)56-34(20-22-75-4)45(69)55-33(18-19-37(52)62)44(68)58-36(49(73)74)24-30-15-9-6-10-16-30/h5-10,13-16,27-28,31-36,40-41,61H,11-12,17-26,50-51H2,1-4H3,(H2,52,62)(H,53,67)(H,54,63)(H,55,69)(H,56,72)(H,57,66)(H,58,68)(H,59,70)(H,60,71)(H,64,65)(H,73,74)/t28-,31+,32+,33+,34+,35+,36+,40+,41+/m1/s1. The molecule has 0 bridgehead atoms. The van der Waals surface area contributed by atoms with Gasteiger partial charge < -0.3 is 75.1 Å². The zero-order valence-electron chi connectivity index (χ0n) is 42.5. The average molecular weight is 1070 g/mol. The van der Waals surface area contributed by atoms with Gasteiger partial charge in [0, 0.05) is 19.3 Å². The van der Waals surface area contributed by atoms with Crippen molar-refractivity contribution in [3.05, 3.63) is 71.8 Å². The molecule has 0 aliphatic rings. The van der Waals surface area contributed by atoms with Gasteiger partial charge in [-0.2, -0.15) is 11.8 Å². The summed E-state index contributed by atoms with van der Waals surface area (Å²) in [6, 6.07) is 5.46. The molecule has 75 heavy (non-hydrogen) atoms. The fraction of sp³-hybridized carbons (Fsp3) is 0.531. The van der Waals surface area contributed by atoms with Crippen LogP contribution in [0.2, 0.25) is 0 Å². The fourth-order valence-corrected chi connectivity index (χ4v) is 7.74. The van der Waals surface area contributed by atoms with Crippen molar-refractivity contribution in [1.82, 2.24) is 42.5 Å². The molecular formula is C49H73N11O14S.